The van der Waals surface area contributed by atoms with Crippen molar-refractivity contribution in [2.24, 2.45) is 0 Å². The maximum Gasteiger partial charge on any atom is 0.242 e. The van der Waals surface area contributed by atoms with Gasteiger partial charge in [0.05, 0.1) is 6.54 Å². The molecule has 1 saturated heterocycles. The molecule has 0 spiro atoms. The predicted octanol–water partition coefficient (Wildman–Crippen LogP) is 1.48. The molecular weight excluding hydrogens is 302 g/mol. The Morgan fingerprint density at radius 1 is 1.08 bits per heavy atom. The van der Waals surface area contributed by atoms with Crippen molar-refractivity contribution in [2.45, 2.75) is 12.6 Å². The first kappa shape index (κ1) is 16.2. The van der Waals surface area contributed by atoms with E-state index in [0.717, 1.165) is 11.1 Å². The standard InChI is InChI=1S/C19H21N3O2/c23-17-14-22(12-11-20-17)18(16-9-5-2-6-10-16)19(24)21-13-15-7-3-1-4-8-15/h1-10,18H,11-14H2,(H,20,23)(H,21,24). The number of benzene rings is 2. The predicted molar refractivity (Wildman–Crippen MR) is 92.1 cm³/mol. The molecule has 0 saturated carbocycles. The van der Waals surface area contributed by atoms with Crippen LogP contribution in [0.3, 0.4) is 0 Å². The zero-order valence-corrected chi connectivity index (χ0v) is 13.4. The Bertz CT molecular complexity index is 688. The van der Waals surface area contributed by atoms with E-state index in [9.17, 15) is 9.59 Å². The number of hydrogen-bond donors (Lipinski definition) is 2. The Kier molecular flexibility index (Phi) is 5.23. The molecule has 2 aromatic carbocycles. The number of nitrogens with one attached hydrogen (secondary N) is 2. The molecule has 2 amide bonds. The third kappa shape index (κ3) is 4.00. The minimum absolute atomic E-state index is 0.0435. The molecular formula is C19H21N3O2. The summed E-state index contributed by atoms with van der Waals surface area (Å²) in [5.41, 5.74) is 1.95. The highest BCUT2D eigenvalue weighted by Crippen LogP contribution is 2.21. The maximum atomic E-state index is 12.8. The second kappa shape index (κ2) is 7.75. The average Bonchev–Trinajstić information content (AvgIpc) is 2.62. The number of hydrogen-bond acceptors (Lipinski definition) is 3. The van der Waals surface area contributed by atoms with Crippen molar-refractivity contribution in [3.63, 3.8) is 0 Å². The fourth-order valence-corrected chi connectivity index (χ4v) is 2.92. The molecule has 24 heavy (non-hydrogen) atoms. The van der Waals surface area contributed by atoms with Gasteiger partial charge in [0.25, 0.3) is 0 Å². The van der Waals surface area contributed by atoms with Gasteiger partial charge in [0, 0.05) is 19.6 Å². The van der Waals surface area contributed by atoms with Crippen LogP contribution in [0.4, 0.5) is 0 Å². The highest BCUT2D eigenvalue weighted by molar-refractivity contribution is 5.85. The highest BCUT2D eigenvalue weighted by Gasteiger charge is 2.30. The first-order chi connectivity index (χ1) is 11.7. The molecule has 3 rings (SSSR count). The molecule has 1 heterocycles. The molecule has 2 N–H and O–H groups in total. The summed E-state index contributed by atoms with van der Waals surface area (Å²) in [4.78, 5) is 26.5. The lowest BCUT2D eigenvalue weighted by Crippen LogP contribution is -2.52. The van der Waals surface area contributed by atoms with E-state index < -0.39 is 6.04 Å². The Labute approximate surface area is 141 Å². The molecule has 0 aromatic heterocycles. The SMILES string of the molecule is O=C1CN(C(C(=O)NCc2ccccc2)c2ccccc2)CCN1. The summed E-state index contributed by atoms with van der Waals surface area (Å²) >= 11 is 0. The van der Waals surface area contributed by atoms with Crippen LogP contribution in [0.5, 0.6) is 0 Å². The Morgan fingerprint density at radius 3 is 2.42 bits per heavy atom. The van der Waals surface area contributed by atoms with Gasteiger partial charge < -0.3 is 10.6 Å². The molecule has 1 atom stereocenters. The third-order valence-corrected chi connectivity index (χ3v) is 4.11. The largest absolute Gasteiger partial charge is 0.354 e. The molecule has 124 valence electrons. The summed E-state index contributed by atoms with van der Waals surface area (Å²) in [5.74, 6) is -0.127. The molecule has 2 aromatic rings. The Hall–Kier alpha value is -2.66. The van der Waals surface area contributed by atoms with Crippen LogP contribution in [-0.4, -0.2) is 36.3 Å². The van der Waals surface area contributed by atoms with Gasteiger partial charge in [-0.05, 0) is 11.1 Å². The van der Waals surface area contributed by atoms with Crippen molar-refractivity contribution in [3.05, 3.63) is 71.8 Å². The minimum Gasteiger partial charge on any atom is -0.354 e. The molecule has 5 heteroatoms. The Morgan fingerprint density at radius 2 is 1.75 bits per heavy atom. The van der Waals surface area contributed by atoms with Crippen LogP contribution in [0, 0.1) is 0 Å². The summed E-state index contributed by atoms with van der Waals surface area (Å²) in [6, 6.07) is 19.0. The summed E-state index contributed by atoms with van der Waals surface area (Å²) in [7, 11) is 0. The highest BCUT2D eigenvalue weighted by atomic mass is 16.2. The number of carbonyl (C=O) groups excluding carboxylic acids is 2. The number of amides is 2. The van der Waals surface area contributed by atoms with Crippen molar-refractivity contribution < 1.29 is 9.59 Å². The minimum atomic E-state index is -0.457. The van der Waals surface area contributed by atoms with E-state index in [1.165, 1.54) is 0 Å². The van der Waals surface area contributed by atoms with E-state index >= 15 is 0 Å². The van der Waals surface area contributed by atoms with Crippen LogP contribution in [0.2, 0.25) is 0 Å². The normalized spacial score (nSPS) is 16.2. The van der Waals surface area contributed by atoms with Crippen LogP contribution >= 0.6 is 0 Å². The van der Waals surface area contributed by atoms with E-state index in [1.807, 2.05) is 65.6 Å². The fourth-order valence-electron chi connectivity index (χ4n) is 2.92. The first-order valence-corrected chi connectivity index (χ1v) is 8.11. The number of rotatable bonds is 5. The van der Waals surface area contributed by atoms with Crippen LogP contribution in [-0.2, 0) is 16.1 Å². The Balaban J connectivity index is 1.76. The quantitative estimate of drug-likeness (QED) is 0.876. The molecule has 1 fully saturated rings. The van der Waals surface area contributed by atoms with Gasteiger partial charge in [-0.25, -0.2) is 0 Å². The molecule has 1 unspecified atom stereocenters. The van der Waals surface area contributed by atoms with E-state index in [4.69, 9.17) is 0 Å². The second-order valence-electron chi connectivity index (χ2n) is 5.84. The summed E-state index contributed by atoms with van der Waals surface area (Å²) in [5, 5.41) is 5.80. The number of carbonyl (C=O) groups is 2. The smallest absolute Gasteiger partial charge is 0.242 e. The van der Waals surface area contributed by atoms with E-state index in [0.29, 0.717) is 19.6 Å². The molecule has 1 aliphatic heterocycles. The van der Waals surface area contributed by atoms with Crippen LogP contribution in [0.1, 0.15) is 17.2 Å². The van der Waals surface area contributed by atoms with Crippen LogP contribution in [0.25, 0.3) is 0 Å². The molecule has 0 radical (unpaired) electrons. The maximum absolute atomic E-state index is 12.8. The molecule has 0 bridgehead atoms. The number of nitrogens with zero attached hydrogens (tertiary/aromatic N) is 1. The van der Waals surface area contributed by atoms with Gasteiger partial charge in [0.1, 0.15) is 6.04 Å². The summed E-state index contributed by atoms with van der Waals surface area (Å²) in [6.07, 6.45) is 0. The lowest BCUT2D eigenvalue weighted by atomic mass is 10.0. The lowest BCUT2D eigenvalue weighted by molar-refractivity contribution is -0.131. The van der Waals surface area contributed by atoms with Gasteiger partial charge in [0.2, 0.25) is 11.8 Å². The molecule has 0 aliphatic carbocycles. The van der Waals surface area contributed by atoms with Crippen molar-refractivity contribution in [2.75, 3.05) is 19.6 Å². The van der Waals surface area contributed by atoms with Gasteiger partial charge in [0.15, 0.2) is 0 Å². The van der Waals surface area contributed by atoms with Gasteiger partial charge in [-0.2, -0.15) is 0 Å². The zero-order chi connectivity index (χ0) is 16.8. The van der Waals surface area contributed by atoms with E-state index in [2.05, 4.69) is 10.6 Å². The van der Waals surface area contributed by atoms with Crippen LogP contribution in [0.15, 0.2) is 60.7 Å². The third-order valence-electron chi connectivity index (χ3n) is 4.11. The summed E-state index contributed by atoms with van der Waals surface area (Å²) < 4.78 is 0. The zero-order valence-electron chi connectivity index (χ0n) is 13.4. The van der Waals surface area contributed by atoms with E-state index in [1.54, 1.807) is 0 Å². The second-order valence-corrected chi connectivity index (χ2v) is 5.84. The van der Waals surface area contributed by atoms with Crippen molar-refractivity contribution >= 4 is 11.8 Å². The fraction of sp³-hybridized carbons (Fsp3) is 0.263. The van der Waals surface area contributed by atoms with Gasteiger partial charge in [-0.15, -0.1) is 0 Å². The van der Waals surface area contributed by atoms with E-state index in [-0.39, 0.29) is 18.4 Å². The van der Waals surface area contributed by atoms with Crippen molar-refractivity contribution in [1.82, 2.24) is 15.5 Å². The van der Waals surface area contributed by atoms with Gasteiger partial charge in [-0.1, -0.05) is 60.7 Å². The van der Waals surface area contributed by atoms with Crippen LogP contribution < -0.4 is 10.6 Å². The monoisotopic (exact) mass is 323 g/mol. The lowest BCUT2D eigenvalue weighted by Gasteiger charge is -2.33. The van der Waals surface area contributed by atoms with Crippen molar-refractivity contribution in [3.8, 4) is 0 Å². The van der Waals surface area contributed by atoms with Crippen molar-refractivity contribution in [1.29, 1.82) is 0 Å². The average molecular weight is 323 g/mol. The first-order valence-electron chi connectivity index (χ1n) is 8.11. The molecule has 1 aliphatic rings. The summed E-state index contributed by atoms with van der Waals surface area (Å²) in [6.45, 7) is 1.93. The number of piperazine rings is 1. The van der Waals surface area contributed by atoms with Gasteiger partial charge >= 0.3 is 0 Å². The molecule has 5 nitrogen and oxygen atoms in total. The topological polar surface area (TPSA) is 61.4 Å². The van der Waals surface area contributed by atoms with Gasteiger partial charge in [-0.3, -0.25) is 14.5 Å².